The molecule has 4 aliphatic rings. The van der Waals surface area contributed by atoms with E-state index in [-0.39, 0.29) is 40.9 Å². The molecule has 0 heterocycles. The zero-order valence-corrected chi connectivity index (χ0v) is 18.0. The first-order valence-electron chi connectivity index (χ1n) is 11.0. The van der Waals surface area contributed by atoms with Gasteiger partial charge in [0.25, 0.3) is 0 Å². The molecule has 29 heavy (non-hydrogen) atoms. The Bertz CT molecular complexity index is 847. The van der Waals surface area contributed by atoms with Crippen LogP contribution in [0.4, 0.5) is 0 Å². The number of Topliss-reactive ketones (excluding diaryl/α,β-unsaturated/α-hetero) is 1. The first kappa shape index (κ1) is 20.3. The smallest absolute Gasteiger partial charge is 0.305 e. The molecule has 0 aromatic carbocycles. The van der Waals surface area contributed by atoms with Crippen LogP contribution in [0.25, 0.3) is 0 Å². The van der Waals surface area contributed by atoms with Crippen molar-refractivity contribution >= 4 is 17.5 Å². The van der Waals surface area contributed by atoms with E-state index in [1.54, 1.807) is 13.0 Å². The molecule has 4 rings (SSSR count). The summed E-state index contributed by atoms with van der Waals surface area (Å²) in [5.41, 5.74) is 2.44. The van der Waals surface area contributed by atoms with Gasteiger partial charge >= 0.3 is 5.97 Å². The minimum Gasteiger partial charge on any atom is -0.458 e. The molecule has 4 nitrogen and oxygen atoms in total. The van der Waals surface area contributed by atoms with Crippen LogP contribution in [0.15, 0.2) is 35.5 Å². The van der Waals surface area contributed by atoms with E-state index in [0.717, 1.165) is 25.7 Å². The summed E-state index contributed by atoms with van der Waals surface area (Å²) in [5.74, 6) is 0.993. The number of fused-ring (bicyclic) bond motifs is 5. The van der Waals surface area contributed by atoms with Gasteiger partial charge in [0, 0.05) is 17.8 Å². The Balaban J connectivity index is 1.63. The number of carbonyl (C=O) groups is 3. The molecule has 156 valence electrons. The second kappa shape index (κ2) is 7.07. The van der Waals surface area contributed by atoms with Crippen LogP contribution in [0.5, 0.6) is 0 Å². The third kappa shape index (κ3) is 3.06. The fourth-order valence-electron chi connectivity index (χ4n) is 6.92. The molecule has 2 saturated carbocycles. The number of ketones is 2. The molecule has 0 N–H and O–H groups in total. The molecule has 4 aliphatic carbocycles. The van der Waals surface area contributed by atoms with Crippen molar-refractivity contribution in [1.29, 1.82) is 0 Å². The topological polar surface area (TPSA) is 60.4 Å². The fraction of sp³-hybridized carbons (Fsp3) is 0.640. The van der Waals surface area contributed by atoms with Crippen molar-refractivity contribution in [3.05, 3.63) is 35.5 Å². The highest BCUT2D eigenvalue weighted by Gasteiger charge is 2.59. The van der Waals surface area contributed by atoms with Crippen molar-refractivity contribution in [3.63, 3.8) is 0 Å². The molecule has 2 unspecified atom stereocenters. The largest absolute Gasteiger partial charge is 0.458 e. The number of hydrogen-bond acceptors (Lipinski definition) is 4. The van der Waals surface area contributed by atoms with E-state index in [4.69, 9.17) is 4.74 Å². The molecule has 0 radical (unpaired) electrons. The van der Waals surface area contributed by atoms with Crippen LogP contribution in [0, 0.1) is 34.5 Å². The predicted octanol–water partition coefficient (Wildman–Crippen LogP) is 4.60. The highest BCUT2D eigenvalue weighted by atomic mass is 16.5. The van der Waals surface area contributed by atoms with E-state index < -0.39 is 0 Å². The van der Waals surface area contributed by atoms with Gasteiger partial charge in [-0.15, -0.1) is 0 Å². The monoisotopic (exact) mass is 396 g/mol. The number of carbonyl (C=O) groups excluding carboxylic acids is 3. The molecular weight excluding hydrogens is 364 g/mol. The lowest BCUT2D eigenvalue weighted by Gasteiger charge is -2.52. The van der Waals surface area contributed by atoms with Gasteiger partial charge in [0.2, 0.25) is 0 Å². The molecule has 0 spiro atoms. The normalized spacial score (nSPS) is 40.3. The summed E-state index contributed by atoms with van der Waals surface area (Å²) < 4.78 is 5.19. The standard InChI is InChI=1S/C25H32O4/c1-5-22(28)29-14-21(27)23-15(2)12-20-18-7-6-16-13-17(26)8-10-24(16,3)19(18)9-11-25(20,23)4/h8-10,13,15,18,20,23H,5-7,11-12,14H2,1-4H3/t15-,18?,20?,23-,24+,25+/m1/s1. The number of ether oxygens (including phenoxy) is 1. The lowest BCUT2D eigenvalue weighted by molar-refractivity contribution is -0.150. The maximum absolute atomic E-state index is 13.1. The maximum atomic E-state index is 13.1. The summed E-state index contributed by atoms with van der Waals surface area (Å²) >= 11 is 0. The highest BCUT2D eigenvalue weighted by Crippen LogP contribution is 2.65. The predicted molar refractivity (Wildman–Crippen MR) is 111 cm³/mol. The van der Waals surface area contributed by atoms with E-state index in [1.165, 1.54) is 11.1 Å². The minimum atomic E-state index is -0.310. The van der Waals surface area contributed by atoms with Gasteiger partial charge in [-0.05, 0) is 67.9 Å². The summed E-state index contributed by atoms with van der Waals surface area (Å²) in [6.07, 6.45) is 12.2. The van der Waals surface area contributed by atoms with Gasteiger partial charge in [-0.3, -0.25) is 14.4 Å². The van der Waals surface area contributed by atoms with Gasteiger partial charge in [0.05, 0.1) is 0 Å². The van der Waals surface area contributed by atoms with Crippen molar-refractivity contribution in [3.8, 4) is 0 Å². The van der Waals surface area contributed by atoms with E-state index >= 15 is 0 Å². The first-order valence-corrected chi connectivity index (χ1v) is 11.0. The number of rotatable bonds is 4. The van der Waals surface area contributed by atoms with Crippen LogP contribution >= 0.6 is 0 Å². The van der Waals surface area contributed by atoms with Crippen LogP contribution in [-0.4, -0.2) is 24.1 Å². The number of esters is 1. The van der Waals surface area contributed by atoms with Gasteiger partial charge in [0.15, 0.2) is 11.6 Å². The lowest BCUT2D eigenvalue weighted by atomic mass is 9.52. The second-order valence-electron chi connectivity index (χ2n) is 9.90. The quantitative estimate of drug-likeness (QED) is 0.515. The van der Waals surface area contributed by atoms with Gasteiger partial charge in [-0.2, -0.15) is 0 Å². The molecule has 0 bridgehead atoms. The SMILES string of the molecule is CCC(=O)OCC(=O)[C@H]1[C@H](C)CC2C3CCC4=CC(=O)C=C[C@]4(C)C3=CC[C@@]21C. The van der Waals surface area contributed by atoms with Gasteiger partial charge < -0.3 is 4.74 Å². The summed E-state index contributed by atoms with van der Waals surface area (Å²) in [7, 11) is 0. The Labute approximate surface area is 173 Å². The molecule has 2 fully saturated rings. The van der Waals surface area contributed by atoms with Gasteiger partial charge in [-0.25, -0.2) is 0 Å². The van der Waals surface area contributed by atoms with Crippen molar-refractivity contribution in [1.82, 2.24) is 0 Å². The summed E-state index contributed by atoms with van der Waals surface area (Å²) in [5, 5.41) is 0. The first-order chi connectivity index (χ1) is 13.7. The van der Waals surface area contributed by atoms with E-state index in [9.17, 15) is 14.4 Å². The van der Waals surface area contributed by atoms with E-state index in [0.29, 0.717) is 24.2 Å². The third-order valence-electron chi connectivity index (χ3n) is 8.30. The second-order valence-corrected chi connectivity index (χ2v) is 9.90. The molecular formula is C25H32O4. The average Bonchev–Trinajstić information content (AvgIpc) is 2.96. The Morgan fingerprint density at radius 3 is 2.76 bits per heavy atom. The van der Waals surface area contributed by atoms with Crippen LogP contribution in [0.1, 0.15) is 59.8 Å². The summed E-state index contributed by atoms with van der Waals surface area (Å²) in [4.78, 5) is 36.5. The van der Waals surface area contributed by atoms with Crippen LogP contribution in [-0.2, 0) is 19.1 Å². The molecule has 0 aliphatic heterocycles. The third-order valence-corrected chi connectivity index (χ3v) is 8.30. The number of allylic oxidation sites excluding steroid dienone is 6. The molecule has 6 atom stereocenters. The van der Waals surface area contributed by atoms with E-state index in [2.05, 4.69) is 32.9 Å². The van der Waals surface area contributed by atoms with Crippen molar-refractivity contribution in [2.45, 2.75) is 59.8 Å². The lowest BCUT2D eigenvalue weighted by Crippen LogP contribution is -2.45. The van der Waals surface area contributed by atoms with Gasteiger partial charge in [-0.1, -0.05) is 44.1 Å². The summed E-state index contributed by atoms with van der Waals surface area (Å²) in [6, 6.07) is 0. The Morgan fingerprint density at radius 1 is 1.28 bits per heavy atom. The zero-order valence-electron chi connectivity index (χ0n) is 18.0. The van der Waals surface area contributed by atoms with Crippen molar-refractivity contribution in [2.24, 2.45) is 34.5 Å². The maximum Gasteiger partial charge on any atom is 0.305 e. The van der Waals surface area contributed by atoms with Gasteiger partial charge in [0.1, 0.15) is 6.61 Å². The van der Waals surface area contributed by atoms with Crippen LogP contribution in [0.2, 0.25) is 0 Å². The highest BCUT2D eigenvalue weighted by molar-refractivity contribution is 6.01. The molecule has 4 heteroatoms. The summed E-state index contributed by atoms with van der Waals surface area (Å²) in [6.45, 7) is 8.35. The van der Waals surface area contributed by atoms with Crippen molar-refractivity contribution in [2.75, 3.05) is 6.61 Å². The Kier molecular flexibility index (Phi) is 4.95. The van der Waals surface area contributed by atoms with Crippen LogP contribution < -0.4 is 0 Å². The minimum absolute atomic E-state index is 0.0665. The Morgan fingerprint density at radius 2 is 2.03 bits per heavy atom. The van der Waals surface area contributed by atoms with E-state index in [1.807, 2.05) is 6.08 Å². The fourth-order valence-corrected chi connectivity index (χ4v) is 6.92. The zero-order chi connectivity index (χ0) is 21.0. The van der Waals surface area contributed by atoms with Crippen LogP contribution in [0.3, 0.4) is 0 Å². The molecule has 0 saturated heterocycles. The number of hydrogen-bond donors (Lipinski definition) is 0. The average molecular weight is 397 g/mol. The molecule has 0 amide bonds. The Hall–Kier alpha value is -1.97. The molecule has 0 aromatic heterocycles. The van der Waals surface area contributed by atoms with Crippen molar-refractivity contribution < 1.29 is 19.1 Å². The molecule has 0 aromatic rings.